The van der Waals surface area contributed by atoms with E-state index in [-0.39, 0.29) is 11.9 Å². The SMILES string of the molecule is O=C(N[C@H]1CCCc2occc21)c1ccc(-n2cnnn2)cc1Cl. The van der Waals surface area contributed by atoms with Crippen LogP contribution < -0.4 is 5.32 Å². The number of carbonyl (C=O) groups excluding carboxylic acids is 1. The van der Waals surface area contributed by atoms with Crippen LogP contribution in [0.4, 0.5) is 0 Å². The zero-order valence-electron chi connectivity index (χ0n) is 12.6. The van der Waals surface area contributed by atoms with Crippen molar-refractivity contribution in [2.75, 3.05) is 0 Å². The van der Waals surface area contributed by atoms with Crippen LogP contribution in [0.3, 0.4) is 0 Å². The molecule has 0 bridgehead atoms. The standard InChI is InChI=1S/C16H14ClN5O2/c17-13-8-10(22-9-18-20-21-22)4-5-11(13)16(23)19-14-2-1-3-15-12(14)6-7-24-15/h4-9,14H,1-3H2,(H,19,23)/t14-/m0/s1. The first-order chi connectivity index (χ1) is 11.7. The van der Waals surface area contributed by atoms with Gasteiger partial charge in [0.1, 0.15) is 12.1 Å². The van der Waals surface area contributed by atoms with Gasteiger partial charge in [0.25, 0.3) is 5.91 Å². The second-order valence-corrected chi connectivity index (χ2v) is 6.04. The van der Waals surface area contributed by atoms with Gasteiger partial charge in [-0.05, 0) is 47.5 Å². The van der Waals surface area contributed by atoms with Gasteiger partial charge >= 0.3 is 0 Å². The molecule has 7 nitrogen and oxygen atoms in total. The highest BCUT2D eigenvalue weighted by Gasteiger charge is 2.25. The summed E-state index contributed by atoms with van der Waals surface area (Å²) in [5.41, 5.74) is 2.16. The molecule has 0 unspecified atom stereocenters. The molecule has 1 aromatic carbocycles. The van der Waals surface area contributed by atoms with E-state index in [9.17, 15) is 4.79 Å². The fourth-order valence-corrected chi connectivity index (χ4v) is 3.24. The second kappa shape index (κ2) is 6.09. The van der Waals surface area contributed by atoms with Crippen molar-refractivity contribution in [3.8, 4) is 5.69 Å². The van der Waals surface area contributed by atoms with Crippen molar-refractivity contribution < 1.29 is 9.21 Å². The van der Waals surface area contributed by atoms with E-state index in [1.165, 1.54) is 11.0 Å². The second-order valence-electron chi connectivity index (χ2n) is 5.64. The summed E-state index contributed by atoms with van der Waals surface area (Å²) in [6, 6.07) is 6.96. The topological polar surface area (TPSA) is 85.8 Å². The zero-order valence-corrected chi connectivity index (χ0v) is 13.4. The molecule has 0 saturated heterocycles. The molecule has 0 saturated carbocycles. The zero-order chi connectivity index (χ0) is 16.5. The molecule has 2 heterocycles. The molecule has 0 spiro atoms. The third kappa shape index (κ3) is 2.67. The highest BCUT2D eigenvalue weighted by Crippen LogP contribution is 2.31. The van der Waals surface area contributed by atoms with Crippen molar-refractivity contribution in [1.82, 2.24) is 25.5 Å². The lowest BCUT2D eigenvalue weighted by Gasteiger charge is -2.23. The van der Waals surface area contributed by atoms with Gasteiger partial charge in [0.2, 0.25) is 0 Å². The van der Waals surface area contributed by atoms with E-state index in [2.05, 4.69) is 20.8 Å². The van der Waals surface area contributed by atoms with E-state index in [4.69, 9.17) is 16.0 Å². The Morgan fingerprint density at radius 2 is 2.29 bits per heavy atom. The minimum absolute atomic E-state index is 0.0461. The van der Waals surface area contributed by atoms with Crippen molar-refractivity contribution in [3.05, 3.63) is 58.8 Å². The molecule has 8 heteroatoms. The Bertz CT molecular complexity index is 874. The van der Waals surface area contributed by atoms with Crippen molar-refractivity contribution in [3.63, 3.8) is 0 Å². The van der Waals surface area contributed by atoms with Gasteiger partial charge in [0, 0.05) is 12.0 Å². The number of carbonyl (C=O) groups is 1. The van der Waals surface area contributed by atoms with Crippen LogP contribution >= 0.6 is 11.6 Å². The maximum absolute atomic E-state index is 12.6. The summed E-state index contributed by atoms with van der Waals surface area (Å²) in [4.78, 5) is 12.6. The molecule has 122 valence electrons. The van der Waals surface area contributed by atoms with Crippen molar-refractivity contribution in [2.24, 2.45) is 0 Å². The van der Waals surface area contributed by atoms with Crippen LogP contribution in [0.1, 0.15) is 40.6 Å². The Hall–Kier alpha value is -2.67. The number of aromatic nitrogens is 4. The maximum Gasteiger partial charge on any atom is 0.253 e. The average Bonchev–Trinajstić information content (AvgIpc) is 3.26. The summed E-state index contributed by atoms with van der Waals surface area (Å²) in [6.07, 6.45) is 5.92. The fourth-order valence-electron chi connectivity index (χ4n) is 2.98. The van der Waals surface area contributed by atoms with E-state index >= 15 is 0 Å². The Kier molecular flexibility index (Phi) is 3.78. The summed E-state index contributed by atoms with van der Waals surface area (Å²) in [5.74, 6) is 0.744. The molecule has 24 heavy (non-hydrogen) atoms. The van der Waals surface area contributed by atoms with Crippen LogP contribution in [0.25, 0.3) is 5.69 Å². The highest BCUT2D eigenvalue weighted by atomic mass is 35.5. The monoisotopic (exact) mass is 343 g/mol. The molecular formula is C16H14ClN5O2. The molecule has 3 aromatic rings. The van der Waals surface area contributed by atoms with Crippen molar-refractivity contribution >= 4 is 17.5 Å². The number of hydrogen-bond acceptors (Lipinski definition) is 5. The molecule has 0 aliphatic heterocycles. The first kappa shape index (κ1) is 14.9. The van der Waals surface area contributed by atoms with Gasteiger partial charge in [-0.15, -0.1) is 5.10 Å². The summed E-state index contributed by atoms with van der Waals surface area (Å²) in [6.45, 7) is 0. The van der Waals surface area contributed by atoms with E-state index < -0.39 is 0 Å². The number of tetrazole rings is 1. The van der Waals surface area contributed by atoms with E-state index in [1.807, 2.05) is 6.07 Å². The Morgan fingerprint density at radius 1 is 1.38 bits per heavy atom. The fraction of sp³-hybridized carbons (Fsp3) is 0.250. The van der Waals surface area contributed by atoms with Gasteiger partial charge in [-0.2, -0.15) is 0 Å². The maximum atomic E-state index is 12.6. The first-order valence-corrected chi connectivity index (χ1v) is 8.00. The lowest BCUT2D eigenvalue weighted by molar-refractivity contribution is 0.0932. The van der Waals surface area contributed by atoms with Gasteiger partial charge in [-0.3, -0.25) is 4.79 Å². The van der Waals surface area contributed by atoms with Gasteiger partial charge in [0.15, 0.2) is 0 Å². The molecule has 0 fully saturated rings. The Balaban J connectivity index is 1.55. The number of nitrogens with zero attached hydrogens (tertiary/aromatic N) is 4. The van der Waals surface area contributed by atoms with Crippen LogP contribution in [0, 0.1) is 0 Å². The molecule has 1 amide bonds. The van der Waals surface area contributed by atoms with E-state index in [0.717, 1.165) is 30.6 Å². The van der Waals surface area contributed by atoms with Gasteiger partial charge < -0.3 is 9.73 Å². The Labute approximate surface area is 142 Å². The van der Waals surface area contributed by atoms with Crippen LogP contribution in [-0.4, -0.2) is 26.1 Å². The summed E-state index contributed by atoms with van der Waals surface area (Å²) in [7, 11) is 0. The highest BCUT2D eigenvalue weighted by molar-refractivity contribution is 6.34. The van der Waals surface area contributed by atoms with E-state index in [1.54, 1.807) is 24.5 Å². The number of fused-ring (bicyclic) bond motifs is 1. The Morgan fingerprint density at radius 3 is 3.08 bits per heavy atom. The predicted octanol–water partition coefficient (Wildman–Crippen LogP) is 2.72. The normalized spacial score (nSPS) is 16.6. The first-order valence-electron chi connectivity index (χ1n) is 7.62. The number of aryl methyl sites for hydroxylation is 1. The number of halogens is 1. The van der Waals surface area contributed by atoms with E-state index in [0.29, 0.717) is 16.3 Å². The number of furan rings is 1. The van der Waals surface area contributed by atoms with Crippen molar-refractivity contribution in [1.29, 1.82) is 0 Å². The number of nitrogens with one attached hydrogen (secondary N) is 1. The van der Waals surface area contributed by atoms with Gasteiger partial charge in [0.05, 0.1) is 28.6 Å². The molecule has 1 atom stereocenters. The predicted molar refractivity (Wildman–Crippen MR) is 86.0 cm³/mol. The third-order valence-electron chi connectivity index (χ3n) is 4.17. The van der Waals surface area contributed by atoms with Gasteiger partial charge in [-0.25, -0.2) is 4.68 Å². The lowest BCUT2D eigenvalue weighted by Crippen LogP contribution is -2.30. The van der Waals surface area contributed by atoms with Crippen LogP contribution in [-0.2, 0) is 6.42 Å². The molecule has 0 radical (unpaired) electrons. The quantitative estimate of drug-likeness (QED) is 0.790. The number of hydrogen-bond donors (Lipinski definition) is 1. The minimum Gasteiger partial charge on any atom is -0.469 e. The van der Waals surface area contributed by atoms with Crippen LogP contribution in [0.2, 0.25) is 5.02 Å². The summed E-state index contributed by atoms with van der Waals surface area (Å²) < 4.78 is 6.93. The molecule has 1 aliphatic rings. The van der Waals surface area contributed by atoms with Crippen molar-refractivity contribution in [2.45, 2.75) is 25.3 Å². The van der Waals surface area contributed by atoms with Gasteiger partial charge in [-0.1, -0.05) is 11.6 Å². The summed E-state index contributed by atoms with van der Waals surface area (Å²) in [5, 5.41) is 14.4. The van der Waals surface area contributed by atoms with Crippen LogP contribution in [0.15, 0.2) is 41.3 Å². The molecular weight excluding hydrogens is 330 g/mol. The molecule has 1 aliphatic carbocycles. The number of benzene rings is 1. The minimum atomic E-state index is -0.206. The average molecular weight is 344 g/mol. The number of amides is 1. The largest absolute Gasteiger partial charge is 0.469 e. The molecule has 4 rings (SSSR count). The summed E-state index contributed by atoms with van der Waals surface area (Å²) >= 11 is 6.28. The lowest BCUT2D eigenvalue weighted by atomic mass is 9.93. The number of rotatable bonds is 3. The molecule has 1 N–H and O–H groups in total. The smallest absolute Gasteiger partial charge is 0.253 e. The third-order valence-corrected chi connectivity index (χ3v) is 4.48. The van der Waals surface area contributed by atoms with Crippen LogP contribution in [0.5, 0.6) is 0 Å². The molecule has 2 aromatic heterocycles.